The predicted octanol–water partition coefficient (Wildman–Crippen LogP) is 2.86. The minimum atomic E-state index is -0.664. The molecule has 0 saturated carbocycles. The molecule has 30 heavy (non-hydrogen) atoms. The summed E-state index contributed by atoms with van der Waals surface area (Å²) in [5.41, 5.74) is 7.97. The maximum Gasteiger partial charge on any atom is 0.410 e. The molecule has 0 spiro atoms. The van der Waals surface area contributed by atoms with Crippen LogP contribution >= 0.6 is 0 Å². The van der Waals surface area contributed by atoms with E-state index in [0.29, 0.717) is 24.4 Å². The highest BCUT2D eigenvalue weighted by molar-refractivity contribution is 5.91. The summed E-state index contributed by atoms with van der Waals surface area (Å²) in [6.07, 6.45) is -0.505. The van der Waals surface area contributed by atoms with Crippen LogP contribution in [0.5, 0.6) is 0 Å². The van der Waals surface area contributed by atoms with Crippen molar-refractivity contribution >= 4 is 17.9 Å². The van der Waals surface area contributed by atoms with Crippen LogP contribution in [-0.4, -0.2) is 59.2 Å². The van der Waals surface area contributed by atoms with Crippen LogP contribution in [0.1, 0.15) is 48.4 Å². The van der Waals surface area contributed by atoms with E-state index in [1.807, 2.05) is 31.2 Å². The number of aryl methyl sites for hydroxylation is 1. The number of nitrogen functional groups attached to an aromatic ring is 1. The normalized spacial score (nSPS) is 17.0. The number of hydrogen-bond donors (Lipinski definition) is 1. The van der Waals surface area contributed by atoms with E-state index in [9.17, 15) is 9.59 Å². The van der Waals surface area contributed by atoms with Gasteiger partial charge in [0.05, 0.1) is 37.6 Å². The molecule has 1 saturated heterocycles. The number of amides is 1. The molecule has 1 fully saturated rings. The molecule has 2 heterocycles. The molecular weight excluding hydrogens is 388 g/mol. The lowest BCUT2D eigenvalue weighted by atomic mass is 10.0. The number of carbonyl (C=O) groups excluding carboxylic acids is 2. The summed E-state index contributed by atoms with van der Waals surface area (Å²) < 4.78 is 17.6. The molecule has 1 amide bonds. The van der Waals surface area contributed by atoms with Gasteiger partial charge in [-0.05, 0) is 39.8 Å². The zero-order chi connectivity index (χ0) is 22.1. The Bertz CT molecular complexity index is 930. The summed E-state index contributed by atoms with van der Waals surface area (Å²) >= 11 is 0. The summed E-state index contributed by atoms with van der Waals surface area (Å²) in [6.45, 7) is 8.18. The minimum Gasteiger partial charge on any atom is -0.464 e. The number of methoxy groups -OCH3 is 1. The molecule has 0 bridgehead atoms. The van der Waals surface area contributed by atoms with Crippen LogP contribution in [0, 0.1) is 6.92 Å². The van der Waals surface area contributed by atoms with E-state index in [1.165, 1.54) is 16.7 Å². The number of carbonyl (C=O) groups is 2. The molecule has 1 aromatic carbocycles. The van der Waals surface area contributed by atoms with Gasteiger partial charge in [-0.25, -0.2) is 14.3 Å². The Hall–Kier alpha value is -3.07. The first-order chi connectivity index (χ1) is 14.1. The van der Waals surface area contributed by atoms with Crippen molar-refractivity contribution in [3.8, 4) is 5.69 Å². The molecule has 1 aromatic heterocycles. The fourth-order valence-corrected chi connectivity index (χ4v) is 3.28. The summed E-state index contributed by atoms with van der Waals surface area (Å²) in [7, 11) is 1.27. The smallest absolute Gasteiger partial charge is 0.410 e. The van der Waals surface area contributed by atoms with E-state index >= 15 is 0 Å². The molecule has 9 nitrogen and oxygen atoms in total. The number of aromatic nitrogens is 2. The molecule has 2 N–H and O–H groups in total. The van der Waals surface area contributed by atoms with E-state index in [1.54, 1.807) is 20.8 Å². The zero-order valence-electron chi connectivity index (χ0n) is 18.0. The molecule has 9 heteroatoms. The van der Waals surface area contributed by atoms with Gasteiger partial charge in [-0.15, -0.1) is 0 Å². The molecule has 1 aliphatic heterocycles. The minimum absolute atomic E-state index is 0.0413. The van der Waals surface area contributed by atoms with Crippen molar-refractivity contribution in [2.24, 2.45) is 0 Å². The third kappa shape index (κ3) is 4.40. The second kappa shape index (κ2) is 8.35. The van der Waals surface area contributed by atoms with Gasteiger partial charge in [-0.3, -0.25) is 4.90 Å². The lowest BCUT2D eigenvalue weighted by molar-refractivity contribution is -0.0332. The molecule has 0 radical (unpaired) electrons. The SMILES string of the molecule is COC(=O)c1nn(-c2ccc(C)cc2)c(N)c1C1COCCN1C(=O)OC(C)(C)C. The van der Waals surface area contributed by atoms with Gasteiger partial charge in [-0.2, -0.15) is 5.10 Å². The van der Waals surface area contributed by atoms with E-state index in [2.05, 4.69) is 5.10 Å². The standard InChI is InChI=1S/C21H28N4O5/c1-13-6-8-14(9-7-13)25-18(22)16(17(23-25)19(26)28-5)15-12-29-11-10-24(15)20(27)30-21(2,3)4/h6-9,15H,10-12,22H2,1-5H3. The van der Waals surface area contributed by atoms with Gasteiger partial charge in [0, 0.05) is 6.54 Å². The molecular formula is C21H28N4O5. The Kier molecular flexibility index (Phi) is 6.02. The van der Waals surface area contributed by atoms with E-state index in [-0.39, 0.29) is 18.1 Å². The van der Waals surface area contributed by atoms with Crippen LogP contribution in [0.3, 0.4) is 0 Å². The number of nitrogens with two attached hydrogens (primary N) is 1. The summed E-state index contributed by atoms with van der Waals surface area (Å²) in [5.74, 6) is -0.402. The quantitative estimate of drug-likeness (QED) is 0.766. The topological polar surface area (TPSA) is 109 Å². The van der Waals surface area contributed by atoms with Gasteiger partial charge in [-0.1, -0.05) is 17.7 Å². The number of esters is 1. The lowest BCUT2D eigenvalue weighted by Crippen LogP contribution is -2.46. The number of nitrogens with zero attached hydrogens (tertiary/aromatic N) is 3. The first-order valence-corrected chi connectivity index (χ1v) is 9.73. The second-order valence-electron chi connectivity index (χ2n) is 8.15. The van der Waals surface area contributed by atoms with E-state index in [0.717, 1.165) is 5.56 Å². The number of morpholine rings is 1. The van der Waals surface area contributed by atoms with Crippen molar-refractivity contribution in [1.82, 2.24) is 14.7 Å². The zero-order valence-corrected chi connectivity index (χ0v) is 18.0. The molecule has 1 atom stereocenters. The summed E-state index contributed by atoms with van der Waals surface area (Å²) in [6, 6.07) is 6.91. The maximum absolute atomic E-state index is 12.8. The van der Waals surface area contributed by atoms with Crippen LogP contribution in [0.4, 0.5) is 10.6 Å². The first kappa shape index (κ1) is 21.6. The monoisotopic (exact) mass is 416 g/mol. The summed E-state index contributed by atoms with van der Waals surface area (Å²) in [5, 5.41) is 4.41. The van der Waals surface area contributed by atoms with Gasteiger partial charge in [0.2, 0.25) is 0 Å². The lowest BCUT2D eigenvalue weighted by Gasteiger charge is -2.36. The average Bonchev–Trinajstić information content (AvgIpc) is 3.03. The van der Waals surface area contributed by atoms with Gasteiger partial charge in [0.15, 0.2) is 5.69 Å². The number of rotatable bonds is 3. The van der Waals surface area contributed by atoms with Crippen LogP contribution in [0.15, 0.2) is 24.3 Å². The average molecular weight is 416 g/mol. The Balaban J connectivity index is 2.08. The van der Waals surface area contributed by atoms with Crippen LogP contribution in [-0.2, 0) is 14.2 Å². The number of ether oxygens (including phenoxy) is 3. The van der Waals surface area contributed by atoms with E-state index < -0.39 is 23.7 Å². The molecule has 1 unspecified atom stereocenters. The van der Waals surface area contributed by atoms with Crippen molar-refractivity contribution in [2.45, 2.75) is 39.3 Å². The van der Waals surface area contributed by atoms with Crippen LogP contribution < -0.4 is 5.73 Å². The molecule has 1 aliphatic rings. The highest BCUT2D eigenvalue weighted by Crippen LogP contribution is 2.34. The molecule has 3 rings (SSSR count). The van der Waals surface area contributed by atoms with Crippen LogP contribution in [0.2, 0.25) is 0 Å². The number of anilines is 1. The first-order valence-electron chi connectivity index (χ1n) is 9.73. The molecule has 2 aromatic rings. The molecule has 162 valence electrons. The van der Waals surface area contributed by atoms with Crippen molar-refractivity contribution in [2.75, 3.05) is 32.6 Å². The third-order valence-electron chi connectivity index (χ3n) is 4.71. The Morgan fingerprint density at radius 3 is 2.50 bits per heavy atom. The Morgan fingerprint density at radius 2 is 1.90 bits per heavy atom. The van der Waals surface area contributed by atoms with Gasteiger partial charge in [0.25, 0.3) is 0 Å². The predicted molar refractivity (Wildman–Crippen MR) is 111 cm³/mol. The molecule has 0 aliphatic carbocycles. The number of hydrogen-bond acceptors (Lipinski definition) is 7. The third-order valence-corrected chi connectivity index (χ3v) is 4.71. The van der Waals surface area contributed by atoms with Crippen molar-refractivity contribution < 1.29 is 23.8 Å². The van der Waals surface area contributed by atoms with Crippen LogP contribution in [0.25, 0.3) is 5.69 Å². The largest absolute Gasteiger partial charge is 0.464 e. The van der Waals surface area contributed by atoms with Gasteiger partial charge in [0.1, 0.15) is 11.4 Å². The second-order valence-corrected chi connectivity index (χ2v) is 8.15. The number of benzene rings is 1. The van der Waals surface area contributed by atoms with Crippen molar-refractivity contribution in [3.63, 3.8) is 0 Å². The van der Waals surface area contributed by atoms with Crippen molar-refractivity contribution in [3.05, 3.63) is 41.1 Å². The fourth-order valence-electron chi connectivity index (χ4n) is 3.28. The maximum atomic E-state index is 12.8. The fraction of sp³-hybridized carbons (Fsp3) is 0.476. The highest BCUT2D eigenvalue weighted by atomic mass is 16.6. The highest BCUT2D eigenvalue weighted by Gasteiger charge is 2.38. The Morgan fingerprint density at radius 1 is 1.23 bits per heavy atom. The summed E-state index contributed by atoms with van der Waals surface area (Å²) in [4.78, 5) is 26.9. The Labute approximate surface area is 175 Å². The van der Waals surface area contributed by atoms with Gasteiger partial charge >= 0.3 is 12.1 Å². The van der Waals surface area contributed by atoms with Crippen molar-refractivity contribution in [1.29, 1.82) is 0 Å². The van der Waals surface area contributed by atoms with Gasteiger partial charge < -0.3 is 19.9 Å². The van der Waals surface area contributed by atoms with E-state index in [4.69, 9.17) is 19.9 Å².